The number of nitrogens with one attached hydrogen (secondary N) is 1. The number of furan rings is 1. The summed E-state index contributed by atoms with van der Waals surface area (Å²) in [4.78, 5) is 12.1. The first-order valence-electron chi connectivity index (χ1n) is 7.60. The van der Waals surface area contributed by atoms with Crippen LogP contribution < -0.4 is 5.32 Å². The predicted octanol–water partition coefficient (Wildman–Crippen LogP) is 3.97. The molecule has 1 amide bonds. The first kappa shape index (κ1) is 16.2. The molecule has 0 radical (unpaired) electrons. The Morgan fingerprint density at radius 1 is 1.17 bits per heavy atom. The van der Waals surface area contributed by atoms with Gasteiger partial charge in [0.05, 0.1) is 11.6 Å². The number of fused-ring (bicyclic) bond motifs is 1. The van der Waals surface area contributed by atoms with Crippen molar-refractivity contribution in [1.82, 2.24) is 5.32 Å². The van der Waals surface area contributed by atoms with Crippen LogP contribution in [0.5, 0.6) is 0 Å². The van der Waals surface area contributed by atoms with Crippen molar-refractivity contribution < 1.29 is 9.21 Å². The molecule has 24 heavy (non-hydrogen) atoms. The Morgan fingerprint density at radius 3 is 2.79 bits per heavy atom. The molecule has 0 fully saturated rings. The van der Waals surface area contributed by atoms with Crippen LogP contribution in [0.15, 0.2) is 59.0 Å². The molecule has 3 rings (SSSR count). The minimum absolute atomic E-state index is 0.204. The van der Waals surface area contributed by atoms with Crippen molar-refractivity contribution in [3.63, 3.8) is 0 Å². The van der Waals surface area contributed by atoms with E-state index in [9.17, 15) is 4.79 Å². The first-order valence-corrected chi connectivity index (χ1v) is 8.76. The average molecular weight is 336 g/mol. The van der Waals surface area contributed by atoms with Crippen molar-refractivity contribution in [2.45, 2.75) is 5.75 Å². The molecular formula is C19H16N2O2S. The molecule has 0 bridgehead atoms. The Bertz CT molecular complexity index is 863. The maximum atomic E-state index is 12.1. The van der Waals surface area contributed by atoms with Gasteiger partial charge in [0, 0.05) is 23.4 Å². The normalized spacial score (nSPS) is 10.5. The van der Waals surface area contributed by atoms with Gasteiger partial charge in [-0.3, -0.25) is 4.79 Å². The van der Waals surface area contributed by atoms with Crippen molar-refractivity contribution >= 4 is 28.6 Å². The van der Waals surface area contributed by atoms with Gasteiger partial charge in [-0.2, -0.15) is 17.0 Å². The summed E-state index contributed by atoms with van der Waals surface area (Å²) in [6.45, 7) is 0.551. The molecule has 1 heterocycles. The van der Waals surface area contributed by atoms with E-state index < -0.39 is 0 Å². The summed E-state index contributed by atoms with van der Waals surface area (Å²) in [6, 6.07) is 19.1. The van der Waals surface area contributed by atoms with Crippen molar-refractivity contribution in [1.29, 1.82) is 5.26 Å². The van der Waals surface area contributed by atoms with Crippen LogP contribution in [0.3, 0.4) is 0 Å². The number of nitriles is 1. The molecule has 3 aromatic rings. The van der Waals surface area contributed by atoms with Gasteiger partial charge in [-0.15, -0.1) is 0 Å². The molecule has 0 aliphatic carbocycles. The number of amides is 1. The molecule has 2 aromatic carbocycles. The van der Waals surface area contributed by atoms with Crippen molar-refractivity contribution in [3.8, 4) is 6.07 Å². The van der Waals surface area contributed by atoms with Crippen LogP contribution in [0, 0.1) is 11.3 Å². The molecule has 0 spiro atoms. The maximum Gasteiger partial charge on any atom is 0.287 e. The number of hydrogen-bond donors (Lipinski definition) is 1. The van der Waals surface area contributed by atoms with Gasteiger partial charge in [0.15, 0.2) is 5.76 Å². The lowest BCUT2D eigenvalue weighted by atomic mass is 10.1. The standard InChI is InChI=1S/C19H16N2O2S/c20-12-15-6-1-2-7-16(15)13-24-10-9-21-19(22)18-11-14-5-3-4-8-17(14)23-18/h1-8,11H,9-10,13H2,(H,21,22). The SMILES string of the molecule is N#Cc1ccccc1CSCCNC(=O)c1cc2ccccc2o1. The summed E-state index contributed by atoms with van der Waals surface area (Å²) < 4.78 is 5.53. The number of nitrogens with zero attached hydrogens (tertiary/aromatic N) is 1. The van der Waals surface area contributed by atoms with E-state index >= 15 is 0 Å². The van der Waals surface area contributed by atoms with Gasteiger partial charge in [-0.1, -0.05) is 36.4 Å². The van der Waals surface area contributed by atoms with Crippen LogP contribution in [-0.4, -0.2) is 18.2 Å². The molecule has 1 aromatic heterocycles. The van der Waals surface area contributed by atoms with Crippen LogP contribution in [0.4, 0.5) is 0 Å². The van der Waals surface area contributed by atoms with E-state index in [2.05, 4.69) is 11.4 Å². The van der Waals surface area contributed by atoms with E-state index in [0.29, 0.717) is 23.5 Å². The topological polar surface area (TPSA) is 66.0 Å². The highest BCUT2D eigenvalue weighted by Crippen LogP contribution is 2.19. The lowest BCUT2D eigenvalue weighted by Crippen LogP contribution is -2.25. The number of carbonyl (C=O) groups excluding carboxylic acids is 1. The molecule has 120 valence electrons. The molecule has 0 aliphatic heterocycles. The summed E-state index contributed by atoms with van der Waals surface area (Å²) in [5.74, 6) is 1.65. The van der Waals surface area contributed by atoms with Gasteiger partial charge in [0.2, 0.25) is 0 Å². The molecule has 0 saturated carbocycles. The zero-order valence-electron chi connectivity index (χ0n) is 13.0. The molecular weight excluding hydrogens is 320 g/mol. The lowest BCUT2D eigenvalue weighted by Gasteiger charge is -2.05. The average Bonchev–Trinajstić information content (AvgIpc) is 3.06. The number of hydrogen-bond acceptors (Lipinski definition) is 4. The van der Waals surface area contributed by atoms with E-state index in [-0.39, 0.29) is 5.91 Å². The molecule has 4 nitrogen and oxygen atoms in total. The Kier molecular flexibility index (Phi) is 5.19. The van der Waals surface area contributed by atoms with E-state index in [1.165, 1.54) is 0 Å². The van der Waals surface area contributed by atoms with Crippen LogP contribution in [-0.2, 0) is 5.75 Å². The number of benzene rings is 2. The van der Waals surface area contributed by atoms with Crippen molar-refractivity contribution in [2.75, 3.05) is 12.3 Å². The van der Waals surface area contributed by atoms with Gasteiger partial charge in [-0.05, 0) is 23.8 Å². The number of carbonyl (C=O) groups is 1. The summed E-state index contributed by atoms with van der Waals surface area (Å²) in [5, 5.41) is 12.8. The van der Waals surface area contributed by atoms with Gasteiger partial charge >= 0.3 is 0 Å². The predicted molar refractivity (Wildman–Crippen MR) is 95.9 cm³/mol. The van der Waals surface area contributed by atoms with Gasteiger partial charge in [0.1, 0.15) is 5.58 Å². The summed E-state index contributed by atoms with van der Waals surface area (Å²) in [7, 11) is 0. The first-order chi connectivity index (χ1) is 11.8. The number of thioether (sulfide) groups is 1. The highest BCUT2D eigenvalue weighted by molar-refractivity contribution is 7.98. The number of para-hydroxylation sites is 1. The van der Waals surface area contributed by atoms with Gasteiger partial charge in [-0.25, -0.2) is 0 Å². The van der Waals surface area contributed by atoms with Crippen LogP contribution >= 0.6 is 11.8 Å². The van der Waals surface area contributed by atoms with Gasteiger partial charge in [0.25, 0.3) is 5.91 Å². The largest absolute Gasteiger partial charge is 0.451 e. The monoisotopic (exact) mass is 336 g/mol. The van der Waals surface area contributed by atoms with E-state index in [1.54, 1.807) is 17.8 Å². The zero-order valence-corrected chi connectivity index (χ0v) is 13.8. The molecule has 0 aliphatic rings. The minimum atomic E-state index is -0.204. The Balaban J connectivity index is 1.46. The molecule has 1 N–H and O–H groups in total. The van der Waals surface area contributed by atoms with Crippen LogP contribution in [0.1, 0.15) is 21.7 Å². The fraction of sp³-hybridized carbons (Fsp3) is 0.158. The fourth-order valence-corrected chi connectivity index (χ4v) is 3.22. The van der Waals surface area contributed by atoms with Crippen molar-refractivity contribution in [2.24, 2.45) is 0 Å². The Labute approximate surface area is 144 Å². The third kappa shape index (κ3) is 3.79. The van der Waals surface area contributed by atoms with E-state index in [4.69, 9.17) is 9.68 Å². The zero-order chi connectivity index (χ0) is 16.8. The highest BCUT2D eigenvalue weighted by Gasteiger charge is 2.11. The second-order valence-corrected chi connectivity index (χ2v) is 6.33. The van der Waals surface area contributed by atoms with Crippen LogP contribution in [0.2, 0.25) is 0 Å². The quantitative estimate of drug-likeness (QED) is 0.692. The molecule has 0 atom stereocenters. The number of rotatable bonds is 6. The second-order valence-electron chi connectivity index (χ2n) is 5.23. The Hall–Kier alpha value is -2.71. The summed E-state index contributed by atoms with van der Waals surface area (Å²) in [5.41, 5.74) is 2.44. The third-order valence-corrected chi connectivity index (χ3v) is 4.58. The second kappa shape index (κ2) is 7.71. The van der Waals surface area contributed by atoms with Crippen molar-refractivity contribution in [3.05, 3.63) is 71.5 Å². The molecule has 0 saturated heterocycles. The molecule has 5 heteroatoms. The summed E-state index contributed by atoms with van der Waals surface area (Å²) >= 11 is 1.68. The Morgan fingerprint density at radius 2 is 1.96 bits per heavy atom. The smallest absolute Gasteiger partial charge is 0.287 e. The third-order valence-electron chi connectivity index (χ3n) is 3.58. The highest BCUT2D eigenvalue weighted by atomic mass is 32.2. The maximum absolute atomic E-state index is 12.1. The van der Waals surface area contributed by atoms with Crippen LogP contribution in [0.25, 0.3) is 11.0 Å². The summed E-state index contributed by atoms with van der Waals surface area (Å²) in [6.07, 6.45) is 0. The minimum Gasteiger partial charge on any atom is -0.451 e. The lowest BCUT2D eigenvalue weighted by molar-refractivity contribution is 0.0930. The van der Waals surface area contributed by atoms with E-state index in [1.807, 2.05) is 48.5 Å². The fourth-order valence-electron chi connectivity index (χ4n) is 2.35. The van der Waals surface area contributed by atoms with E-state index in [0.717, 1.165) is 22.5 Å². The molecule has 0 unspecified atom stereocenters. The van der Waals surface area contributed by atoms with Gasteiger partial charge < -0.3 is 9.73 Å².